The zero-order valence-electron chi connectivity index (χ0n) is 13.2. The lowest BCUT2D eigenvalue weighted by Crippen LogP contribution is -2.44. The number of ether oxygens (including phenoxy) is 1. The number of likely N-dealkylation sites (tertiary alicyclic amines) is 1. The molecule has 20 heavy (non-hydrogen) atoms. The summed E-state index contributed by atoms with van der Waals surface area (Å²) < 4.78 is 8.50. The summed E-state index contributed by atoms with van der Waals surface area (Å²) in [6, 6.07) is 0. The summed E-state index contributed by atoms with van der Waals surface area (Å²) >= 11 is -0.407. The molecule has 1 fully saturated rings. The summed E-state index contributed by atoms with van der Waals surface area (Å²) in [5.74, 6) is 0.207. The highest BCUT2D eigenvalue weighted by atomic mass is 32.2. The molecule has 0 aromatic carbocycles. The number of thiol groups is 1. The molecule has 0 aliphatic carbocycles. The molecular formula is C14H28N2O3S. The van der Waals surface area contributed by atoms with Gasteiger partial charge in [-0.2, -0.15) is 11.1 Å². The number of nitrogens with zero attached hydrogens (tertiary/aromatic N) is 1. The third-order valence-electron chi connectivity index (χ3n) is 3.18. The van der Waals surface area contributed by atoms with E-state index in [1.54, 1.807) is 4.90 Å². The van der Waals surface area contributed by atoms with Crippen LogP contribution >= 0.6 is 11.1 Å². The van der Waals surface area contributed by atoms with E-state index in [1.165, 1.54) is 0 Å². The lowest BCUT2D eigenvalue weighted by atomic mass is 9.96. The maximum absolute atomic E-state index is 12.0. The van der Waals surface area contributed by atoms with Crippen molar-refractivity contribution in [2.24, 2.45) is 5.92 Å². The second-order valence-corrected chi connectivity index (χ2v) is 8.44. The molecule has 1 saturated heterocycles. The number of amides is 2. The van der Waals surface area contributed by atoms with Crippen LogP contribution in [0, 0.1) is 5.92 Å². The molecule has 0 atom stereocenters. The van der Waals surface area contributed by atoms with E-state index in [0.717, 1.165) is 12.8 Å². The molecule has 1 aliphatic heterocycles. The van der Waals surface area contributed by atoms with E-state index in [2.05, 4.69) is 4.72 Å². The first-order valence-electron chi connectivity index (χ1n) is 7.08. The number of carbonyl (C=O) groups is 2. The summed E-state index contributed by atoms with van der Waals surface area (Å²) in [4.78, 5) is 25.7. The zero-order chi connectivity index (χ0) is 15.3. The van der Waals surface area contributed by atoms with Gasteiger partial charge >= 0.3 is 0 Å². The van der Waals surface area contributed by atoms with Crippen LogP contribution in [0.3, 0.4) is 0 Å². The Kier molecular flexibility index (Phi) is 6.33. The Hall–Kier alpha value is -0.750. The molecule has 0 spiro atoms. The lowest BCUT2D eigenvalue weighted by molar-refractivity contribution is -0.143. The van der Waals surface area contributed by atoms with Gasteiger partial charge < -0.3 is 14.4 Å². The molecule has 0 unspecified atom stereocenters. The van der Waals surface area contributed by atoms with Crippen LogP contribution in [-0.4, -0.2) is 54.5 Å². The highest BCUT2D eigenvalue weighted by Crippen LogP contribution is 2.20. The van der Waals surface area contributed by atoms with E-state index in [4.69, 9.17) is 4.74 Å². The molecular weight excluding hydrogens is 276 g/mol. The summed E-state index contributed by atoms with van der Waals surface area (Å²) in [7, 11) is 0. The third kappa shape index (κ3) is 6.13. The molecule has 6 heteroatoms. The van der Waals surface area contributed by atoms with Crippen molar-refractivity contribution < 1.29 is 14.3 Å². The molecule has 1 rings (SSSR count). The minimum Gasteiger partial charge on any atom is -0.366 e. The largest absolute Gasteiger partial charge is 0.366 e. The fraction of sp³-hybridized carbons (Fsp3) is 0.857. The Morgan fingerprint density at radius 2 is 1.80 bits per heavy atom. The van der Waals surface area contributed by atoms with E-state index >= 15 is 0 Å². The lowest BCUT2D eigenvalue weighted by Gasteiger charge is -2.32. The molecule has 0 radical (unpaired) electrons. The van der Waals surface area contributed by atoms with Gasteiger partial charge in [-0.05, 0) is 46.1 Å². The average Bonchev–Trinajstić information content (AvgIpc) is 2.34. The monoisotopic (exact) mass is 304 g/mol. The smallest absolute Gasteiger partial charge is 0.248 e. The summed E-state index contributed by atoms with van der Waals surface area (Å²) in [5.41, 5.74) is -0.298. The zero-order valence-corrected chi connectivity index (χ0v) is 14.1. The van der Waals surface area contributed by atoms with E-state index < -0.39 is 11.1 Å². The summed E-state index contributed by atoms with van der Waals surface area (Å²) in [5, 5.41) is 0. The Morgan fingerprint density at radius 3 is 2.25 bits per heavy atom. The predicted molar refractivity (Wildman–Crippen MR) is 84.0 cm³/mol. The predicted octanol–water partition coefficient (Wildman–Crippen LogP) is 1.33. The topological polar surface area (TPSA) is 58.6 Å². The van der Waals surface area contributed by atoms with Crippen LogP contribution in [0.2, 0.25) is 0 Å². The van der Waals surface area contributed by atoms with Gasteiger partial charge in [-0.1, -0.05) is 0 Å². The van der Waals surface area contributed by atoms with Crippen LogP contribution in [0.4, 0.5) is 0 Å². The van der Waals surface area contributed by atoms with Gasteiger partial charge in [0.05, 0.1) is 5.60 Å². The number of hydrogen-bond acceptors (Lipinski definition) is 3. The first-order valence-corrected chi connectivity index (χ1v) is 9.32. The van der Waals surface area contributed by atoms with Crippen molar-refractivity contribution in [1.29, 1.82) is 0 Å². The molecule has 2 amide bonds. The van der Waals surface area contributed by atoms with Crippen molar-refractivity contribution in [1.82, 2.24) is 9.62 Å². The van der Waals surface area contributed by atoms with Gasteiger partial charge in [-0.25, -0.2) is 0 Å². The second-order valence-electron chi connectivity index (χ2n) is 6.43. The molecule has 1 aliphatic rings. The Labute approximate surface area is 124 Å². The normalized spacial score (nSPS) is 17.9. The van der Waals surface area contributed by atoms with Crippen LogP contribution in [0.25, 0.3) is 0 Å². The maximum atomic E-state index is 12.0. The van der Waals surface area contributed by atoms with Gasteiger partial charge in [0.25, 0.3) is 0 Å². The van der Waals surface area contributed by atoms with Crippen molar-refractivity contribution in [3.8, 4) is 0 Å². The maximum Gasteiger partial charge on any atom is 0.248 e. The van der Waals surface area contributed by atoms with Crippen LogP contribution < -0.4 is 4.72 Å². The standard InChI is InChI=1S/C14H28N2O3S/c1-14(2,3)19-10-12(17)16-8-6-11(7-9-16)13(18)15-20(4)5/h11,20H,6-10H2,1-5H3,(H,15,18). The number of hydrogen-bond donors (Lipinski definition) is 2. The molecule has 0 aromatic rings. The Balaban J connectivity index is 2.34. The van der Waals surface area contributed by atoms with E-state index in [-0.39, 0.29) is 29.9 Å². The Morgan fingerprint density at radius 1 is 1.25 bits per heavy atom. The molecule has 0 saturated carbocycles. The molecule has 0 bridgehead atoms. The van der Waals surface area contributed by atoms with Crippen molar-refractivity contribution in [3.63, 3.8) is 0 Å². The van der Waals surface area contributed by atoms with Gasteiger partial charge in [0.1, 0.15) is 6.61 Å². The summed E-state index contributed by atoms with van der Waals surface area (Å²) in [6.45, 7) is 7.22. The second kappa shape index (κ2) is 7.31. The molecule has 118 valence electrons. The van der Waals surface area contributed by atoms with Gasteiger partial charge in [0, 0.05) is 19.0 Å². The van der Waals surface area contributed by atoms with Crippen LogP contribution in [0.15, 0.2) is 0 Å². The minimum absolute atomic E-state index is 0.0204. The van der Waals surface area contributed by atoms with Gasteiger partial charge in [-0.15, -0.1) is 0 Å². The number of carbonyl (C=O) groups excluding carboxylic acids is 2. The van der Waals surface area contributed by atoms with Gasteiger partial charge in [-0.3, -0.25) is 9.59 Å². The number of rotatable bonds is 4. The van der Waals surface area contributed by atoms with Crippen molar-refractivity contribution in [2.45, 2.75) is 39.2 Å². The highest BCUT2D eigenvalue weighted by molar-refractivity contribution is 8.14. The minimum atomic E-state index is -0.407. The highest BCUT2D eigenvalue weighted by Gasteiger charge is 2.27. The van der Waals surface area contributed by atoms with Crippen LogP contribution in [-0.2, 0) is 14.3 Å². The van der Waals surface area contributed by atoms with E-state index in [9.17, 15) is 9.59 Å². The van der Waals surface area contributed by atoms with Crippen molar-refractivity contribution in [3.05, 3.63) is 0 Å². The van der Waals surface area contributed by atoms with Crippen LogP contribution in [0.1, 0.15) is 33.6 Å². The summed E-state index contributed by atoms with van der Waals surface area (Å²) in [6.07, 6.45) is 5.54. The molecule has 1 heterocycles. The third-order valence-corrected chi connectivity index (χ3v) is 3.85. The quantitative estimate of drug-likeness (QED) is 0.771. The van der Waals surface area contributed by atoms with Crippen LogP contribution in [0.5, 0.6) is 0 Å². The van der Waals surface area contributed by atoms with Gasteiger partial charge in [0.2, 0.25) is 11.8 Å². The van der Waals surface area contributed by atoms with Crippen molar-refractivity contribution in [2.75, 3.05) is 32.2 Å². The molecule has 0 aromatic heterocycles. The van der Waals surface area contributed by atoms with Gasteiger partial charge in [0.15, 0.2) is 0 Å². The van der Waals surface area contributed by atoms with Crippen molar-refractivity contribution >= 4 is 22.9 Å². The fourth-order valence-corrected chi connectivity index (χ4v) is 2.70. The fourth-order valence-electron chi connectivity index (χ4n) is 2.07. The molecule has 5 nitrogen and oxygen atoms in total. The SMILES string of the molecule is C[SH](C)NC(=O)C1CCN(C(=O)COC(C)(C)C)CC1. The Bertz CT molecular complexity index is 345. The average molecular weight is 304 g/mol. The number of nitrogens with one attached hydrogen (secondary N) is 1. The van der Waals surface area contributed by atoms with E-state index in [1.807, 2.05) is 33.3 Å². The first kappa shape index (κ1) is 17.3. The number of piperidine rings is 1. The molecule has 1 N–H and O–H groups in total. The van der Waals surface area contributed by atoms with E-state index in [0.29, 0.717) is 13.1 Å². The first-order chi connectivity index (χ1) is 9.19.